The molecule has 1 fully saturated rings. The van der Waals surface area contributed by atoms with Gasteiger partial charge in [-0.25, -0.2) is 9.78 Å². The second kappa shape index (κ2) is 10.3. The molecule has 0 spiro atoms. The van der Waals surface area contributed by atoms with Crippen molar-refractivity contribution in [2.45, 2.75) is 32.4 Å². The molecular weight excluding hydrogens is 540 g/mol. The van der Waals surface area contributed by atoms with Crippen molar-refractivity contribution in [3.8, 4) is 5.75 Å². The SMILES string of the molecule is C=CCOC(=O)c1sc(N2C(=O)C(=O)C(=C(O)c3ccc4c(c3)CC(C)O4)C2c2cccc3ccccc23)nc1C. The number of rotatable bonds is 6. The highest BCUT2D eigenvalue weighted by molar-refractivity contribution is 7.17. The van der Waals surface area contributed by atoms with E-state index in [4.69, 9.17) is 9.47 Å². The van der Waals surface area contributed by atoms with Gasteiger partial charge in [0.05, 0.1) is 17.3 Å². The number of amides is 1. The molecule has 0 saturated carbocycles. The molecule has 2 aliphatic heterocycles. The molecule has 206 valence electrons. The third kappa shape index (κ3) is 4.48. The monoisotopic (exact) mass is 566 g/mol. The molecule has 1 saturated heterocycles. The maximum atomic E-state index is 13.7. The van der Waals surface area contributed by atoms with Crippen molar-refractivity contribution in [3.63, 3.8) is 0 Å². The summed E-state index contributed by atoms with van der Waals surface area (Å²) < 4.78 is 11.0. The van der Waals surface area contributed by atoms with Gasteiger partial charge in [0.25, 0.3) is 5.78 Å². The quantitative estimate of drug-likeness (QED) is 0.102. The Morgan fingerprint density at radius 3 is 2.78 bits per heavy atom. The van der Waals surface area contributed by atoms with Gasteiger partial charge in [0.1, 0.15) is 29.1 Å². The summed E-state index contributed by atoms with van der Waals surface area (Å²) in [6.07, 6.45) is 2.13. The number of nitrogens with zero attached hydrogens (tertiary/aromatic N) is 2. The van der Waals surface area contributed by atoms with Gasteiger partial charge in [-0.1, -0.05) is 66.5 Å². The van der Waals surface area contributed by atoms with Gasteiger partial charge in [-0.3, -0.25) is 14.5 Å². The van der Waals surface area contributed by atoms with E-state index in [0.717, 1.165) is 33.4 Å². The number of aliphatic hydroxyl groups is 1. The molecule has 2 aliphatic rings. The number of aromatic nitrogens is 1. The summed E-state index contributed by atoms with van der Waals surface area (Å²) in [5.41, 5.74) is 2.28. The average molecular weight is 567 g/mol. The van der Waals surface area contributed by atoms with Crippen LogP contribution >= 0.6 is 11.3 Å². The van der Waals surface area contributed by atoms with Crippen LogP contribution in [0.1, 0.15) is 45.0 Å². The Kier molecular flexibility index (Phi) is 6.67. The van der Waals surface area contributed by atoms with Gasteiger partial charge in [-0.2, -0.15) is 0 Å². The molecule has 3 aromatic carbocycles. The first-order valence-corrected chi connectivity index (χ1v) is 13.9. The van der Waals surface area contributed by atoms with Gasteiger partial charge in [0.15, 0.2) is 5.13 Å². The Balaban J connectivity index is 1.55. The molecular formula is C32H26N2O6S. The molecule has 3 heterocycles. The molecule has 6 rings (SSSR count). The van der Waals surface area contributed by atoms with Crippen molar-refractivity contribution in [1.29, 1.82) is 0 Å². The molecule has 0 bridgehead atoms. The standard InChI is InChI=1S/C32H26N2O6S/c1-4-14-39-31(38)29-18(3)33-32(41-29)34-26(23-11-7-9-19-8-5-6-10-22(19)23)25(28(36)30(34)37)27(35)20-12-13-24-21(16-20)15-17(2)40-24/h4-13,16-17,26,35H,1,14-15H2,2-3H3. The number of thiazole rings is 1. The van der Waals surface area contributed by atoms with Gasteiger partial charge in [0, 0.05) is 12.0 Å². The summed E-state index contributed by atoms with van der Waals surface area (Å²) in [5, 5.41) is 13.5. The highest BCUT2D eigenvalue weighted by Crippen LogP contribution is 2.46. The zero-order valence-corrected chi connectivity index (χ0v) is 23.2. The average Bonchev–Trinajstić information content (AvgIpc) is 3.62. The summed E-state index contributed by atoms with van der Waals surface area (Å²) in [6, 6.07) is 17.5. The summed E-state index contributed by atoms with van der Waals surface area (Å²) in [7, 11) is 0. The minimum absolute atomic E-state index is 0.00386. The van der Waals surface area contributed by atoms with Gasteiger partial charge in [0.2, 0.25) is 0 Å². The number of aliphatic hydroxyl groups excluding tert-OH is 1. The fraction of sp³-hybridized carbons (Fsp3) is 0.188. The minimum Gasteiger partial charge on any atom is -0.507 e. The highest BCUT2D eigenvalue weighted by Gasteiger charge is 2.49. The zero-order valence-electron chi connectivity index (χ0n) is 22.4. The van der Waals surface area contributed by atoms with E-state index >= 15 is 0 Å². The first-order chi connectivity index (χ1) is 19.8. The number of hydrogen-bond acceptors (Lipinski definition) is 8. The van der Waals surface area contributed by atoms with Gasteiger partial charge >= 0.3 is 11.9 Å². The number of hydrogen-bond donors (Lipinski definition) is 1. The second-order valence-electron chi connectivity index (χ2n) is 9.99. The van der Waals surface area contributed by atoms with Crippen LogP contribution in [0.15, 0.2) is 78.9 Å². The summed E-state index contributed by atoms with van der Waals surface area (Å²) in [6.45, 7) is 7.19. The van der Waals surface area contributed by atoms with E-state index in [1.165, 1.54) is 11.0 Å². The van der Waals surface area contributed by atoms with Crippen molar-refractivity contribution >= 4 is 50.7 Å². The number of carbonyl (C=O) groups excluding carboxylic acids is 3. The van der Waals surface area contributed by atoms with Crippen molar-refractivity contribution in [1.82, 2.24) is 4.98 Å². The van der Waals surface area contributed by atoms with Crippen LogP contribution in [0.4, 0.5) is 5.13 Å². The Bertz CT molecular complexity index is 1780. The molecule has 1 N–H and O–H groups in total. The third-order valence-corrected chi connectivity index (χ3v) is 8.38. The number of fused-ring (bicyclic) bond motifs is 2. The van der Waals surface area contributed by atoms with E-state index in [2.05, 4.69) is 11.6 Å². The van der Waals surface area contributed by atoms with Crippen LogP contribution in [-0.2, 0) is 20.7 Å². The van der Waals surface area contributed by atoms with Crippen LogP contribution in [0.2, 0.25) is 0 Å². The number of anilines is 1. The molecule has 0 aliphatic carbocycles. The largest absolute Gasteiger partial charge is 0.507 e. The minimum atomic E-state index is -0.993. The van der Waals surface area contributed by atoms with Crippen molar-refractivity contribution in [3.05, 3.63) is 106 Å². The predicted octanol–water partition coefficient (Wildman–Crippen LogP) is 5.90. The van der Waals surface area contributed by atoms with Crippen molar-refractivity contribution < 1.29 is 29.0 Å². The Labute approximate surface area is 240 Å². The molecule has 2 unspecified atom stereocenters. The fourth-order valence-corrected chi connectivity index (χ4v) is 6.40. The Morgan fingerprint density at radius 2 is 1.98 bits per heavy atom. The van der Waals surface area contributed by atoms with Crippen LogP contribution in [0.3, 0.4) is 0 Å². The van der Waals surface area contributed by atoms with Crippen LogP contribution in [0.25, 0.3) is 16.5 Å². The summed E-state index contributed by atoms with van der Waals surface area (Å²) in [5.74, 6) is -1.84. The number of benzene rings is 3. The lowest BCUT2D eigenvalue weighted by Crippen LogP contribution is -2.29. The number of aryl methyl sites for hydroxylation is 1. The molecule has 41 heavy (non-hydrogen) atoms. The lowest BCUT2D eigenvalue weighted by atomic mass is 9.91. The summed E-state index contributed by atoms with van der Waals surface area (Å²) >= 11 is 0.963. The maximum absolute atomic E-state index is 13.7. The van der Waals surface area contributed by atoms with Crippen LogP contribution < -0.4 is 9.64 Å². The highest BCUT2D eigenvalue weighted by atomic mass is 32.1. The number of ketones is 1. The molecule has 1 amide bonds. The normalized spacial score (nSPS) is 19.3. The van der Waals surface area contributed by atoms with E-state index in [-0.39, 0.29) is 34.1 Å². The molecule has 0 radical (unpaired) electrons. The predicted molar refractivity (Wildman–Crippen MR) is 156 cm³/mol. The smallest absolute Gasteiger partial charge is 0.350 e. The van der Waals surface area contributed by atoms with E-state index in [1.54, 1.807) is 25.1 Å². The number of Topliss-reactive ketones (excluding diaryl/α,β-unsaturated/α-hetero) is 1. The third-order valence-electron chi connectivity index (χ3n) is 7.24. The van der Waals surface area contributed by atoms with E-state index < -0.39 is 23.7 Å². The fourth-order valence-electron chi connectivity index (χ4n) is 5.41. The van der Waals surface area contributed by atoms with E-state index in [1.807, 2.05) is 49.4 Å². The van der Waals surface area contributed by atoms with Crippen molar-refractivity contribution in [2.75, 3.05) is 11.5 Å². The van der Waals surface area contributed by atoms with E-state index in [0.29, 0.717) is 23.2 Å². The van der Waals surface area contributed by atoms with Gasteiger partial charge < -0.3 is 14.6 Å². The topological polar surface area (TPSA) is 106 Å². The first kappa shape index (κ1) is 26.5. The maximum Gasteiger partial charge on any atom is 0.350 e. The Morgan fingerprint density at radius 1 is 1.20 bits per heavy atom. The molecule has 9 heteroatoms. The first-order valence-electron chi connectivity index (χ1n) is 13.1. The van der Waals surface area contributed by atoms with Gasteiger partial charge in [-0.05, 0) is 53.9 Å². The number of esters is 1. The Hall–Kier alpha value is -4.76. The molecule has 4 aromatic rings. The molecule has 2 atom stereocenters. The second-order valence-corrected chi connectivity index (χ2v) is 11.0. The molecule has 8 nitrogen and oxygen atoms in total. The number of carbonyl (C=O) groups is 3. The molecule has 1 aromatic heterocycles. The van der Waals surface area contributed by atoms with E-state index in [9.17, 15) is 19.5 Å². The lowest BCUT2D eigenvalue weighted by molar-refractivity contribution is -0.132. The van der Waals surface area contributed by atoms with Gasteiger partial charge in [-0.15, -0.1) is 0 Å². The van der Waals surface area contributed by atoms with Crippen LogP contribution in [0, 0.1) is 6.92 Å². The lowest BCUT2D eigenvalue weighted by Gasteiger charge is -2.24. The zero-order chi connectivity index (χ0) is 28.8. The van der Waals surface area contributed by atoms with Crippen LogP contribution in [0.5, 0.6) is 5.75 Å². The summed E-state index contributed by atoms with van der Waals surface area (Å²) in [4.78, 5) is 46.1. The number of ether oxygens (including phenoxy) is 2. The van der Waals surface area contributed by atoms with Crippen LogP contribution in [-0.4, -0.2) is 40.5 Å². The van der Waals surface area contributed by atoms with Crippen molar-refractivity contribution in [2.24, 2.45) is 0 Å².